The molecule has 2 aromatic heterocycles. The van der Waals surface area contributed by atoms with Gasteiger partial charge in [-0.25, -0.2) is 4.98 Å². The molecule has 0 spiro atoms. The van der Waals surface area contributed by atoms with Crippen molar-refractivity contribution < 1.29 is 4.79 Å². The van der Waals surface area contributed by atoms with Crippen molar-refractivity contribution >= 4 is 33.0 Å². The summed E-state index contributed by atoms with van der Waals surface area (Å²) >= 11 is 1.39. The standard InChI is InChI=1S/C12H14N2OS/c1-3-4-8-5-6-9-10(13)11(7(2)15)16-12(9)14-8/h5-6H,3-4,13H2,1-2H3. The van der Waals surface area contributed by atoms with Crippen LogP contribution in [0.5, 0.6) is 0 Å². The summed E-state index contributed by atoms with van der Waals surface area (Å²) in [7, 11) is 0. The number of aryl methyl sites for hydroxylation is 1. The normalized spacial score (nSPS) is 10.9. The van der Waals surface area contributed by atoms with Gasteiger partial charge in [-0.05, 0) is 18.6 Å². The Bertz CT molecular complexity index is 545. The number of pyridine rings is 1. The van der Waals surface area contributed by atoms with Crippen LogP contribution < -0.4 is 5.73 Å². The fourth-order valence-electron chi connectivity index (χ4n) is 1.69. The minimum absolute atomic E-state index is 0.0116. The van der Waals surface area contributed by atoms with Crippen molar-refractivity contribution in [3.8, 4) is 0 Å². The molecule has 0 aliphatic carbocycles. The molecule has 2 heterocycles. The quantitative estimate of drug-likeness (QED) is 0.830. The molecule has 0 atom stereocenters. The molecule has 0 aromatic carbocycles. The van der Waals surface area contributed by atoms with E-state index in [0.29, 0.717) is 10.6 Å². The number of carbonyl (C=O) groups is 1. The number of anilines is 1. The maximum Gasteiger partial charge on any atom is 0.171 e. The highest BCUT2D eigenvalue weighted by Crippen LogP contribution is 2.32. The van der Waals surface area contributed by atoms with Gasteiger partial charge in [-0.1, -0.05) is 13.3 Å². The fraction of sp³-hybridized carbons (Fsp3) is 0.333. The molecule has 0 aliphatic heterocycles. The number of Topliss-reactive ketones (excluding diaryl/α,β-unsaturated/α-hetero) is 1. The van der Waals surface area contributed by atoms with Crippen LogP contribution in [0.1, 0.15) is 35.6 Å². The SMILES string of the molecule is CCCc1ccc2c(N)c(C(C)=O)sc2n1. The third kappa shape index (κ3) is 1.80. The molecule has 0 bridgehead atoms. The van der Waals surface area contributed by atoms with Crippen molar-refractivity contribution in [2.24, 2.45) is 0 Å². The largest absolute Gasteiger partial charge is 0.397 e. The number of aromatic nitrogens is 1. The van der Waals surface area contributed by atoms with E-state index in [-0.39, 0.29) is 5.78 Å². The van der Waals surface area contributed by atoms with Gasteiger partial charge in [0.1, 0.15) is 4.83 Å². The number of nitrogens with zero attached hydrogens (tertiary/aromatic N) is 1. The number of carbonyl (C=O) groups excluding carboxylic acids is 1. The molecule has 0 fully saturated rings. The van der Waals surface area contributed by atoms with E-state index in [1.807, 2.05) is 12.1 Å². The summed E-state index contributed by atoms with van der Waals surface area (Å²) in [6.45, 7) is 3.66. The Morgan fingerprint density at radius 3 is 2.88 bits per heavy atom. The number of rotatable bonds is 3. The van der Waals surface area contributed by atoms with Gasteiger partial charge in [-0.2, -0.15) is 0 Å². The third-order valence-corrected chi connectivity index (χ3v) is 3.69. The minimum Gasteiger partial charge on any atom is -0.397 e. The second-order valence-corrected chi connectivity index (χ2v) is 4.81. The molecule has 3 nitrogen and oxygen atoms in total. The van der Waals surface area contributed by atoms with Gasteiger partial charge in [-0.3, -0.25) is 4.79 Å². The number of nitrogens with two attached hydrogens (primary N) is 1. The first-order valence-corrected chi connectivity index (χ1v) is 6.14. The topological polar surface area (TPSA) is 56.0 Å². The van der Waals surface area contributed by atoms with Crippen LogP contribution in [0.4, 0.5) is 5.69 Å². The predicted octanol–water partition coefficient (Wildman–Crippen LogP) is 3.03. The lowest BCUT2D eigenvalue weighted by Gasteiger charge is -1.97. The number of hydrogen-bond acceptors (Lipinski definition) is 4. The van der Waals surface area contributed by atoms with Crippen LogP contribution in [0.15, 0.2) is 12.1 Å². The van der Waals surface area contributed by atoms with Crippen molar-refractivity contribution in [2.45, 2.75) is 26.7 Å². The highest BCUT2D eigenvalue weighted by molar-refractivity contribution is 7.21. The van der Waals surface area contributed by atoms with Crippen LogP contribution in [0, 0.1) is 0 Å². The van der Waals surface area contributed by atoms with Gasteiger partial charge in [0.05, 0.1) is 10.6 Å². The van der Waals surface area contributed by atoms with E-state index in [1.165, 1.54) is 18.3 Å². The van der Waals surface area contributed by atoms with Crippen molar-refractivity contribution in [2.75, 3.05) is 5.73 Å². The van der Waals surface area contributed by atoms with Gasteiger partial charge >= 0.3 is 0 Å². The number of fused-ring (bicyclic) bond motifs is 1. The summed E-state index contributed by atoms with van der Waals surface area (Å²) in [5, 5.41) is 0.898. The summed E-state index contributed by atoms with van der Waals surface area (Å²) in [6, 6.07) is 3.95. The zero-order valence-electron chi connectivity index (χ0n) is 9.41. The number of hydrogen-bond donors (Lipinski definition) is 1. The van der Waals surface area contributed by atoms with Gasteiger partial charge in [0.25, 0.3) is 0 Å². The Morgan fingerprint density at radius 1 is 1.50 bits per heavy atom. The monoisotopic (exact) mass is 234 g/mol. The summed E-state index contributed by atoms with van der Waals surface area (Å²) in [4.78, 5) is 17.4. The molecule has 2 aromatic rings. The van der Waals surface area contributed by atoms with Gasteiger partial charge < -0.3 is 5.73 Å². The maximum absolute atomic E-state index is 11.3. The highest BCUT2D eigenvalue weighted by atomic mass is 32.1. The lowest BCUT2D eigenvalue weighted by molar-refractivity contribution is 0.102. The molecular formula is C12H14N2OS. The molecule has 0 saturated heterocycles. The molecule has 0 unspecified atom stereocenters. The van der Waals surface area contributed by atoms with Gasteiger partial charge in [0, 0.05) is 18.0 Å². The predicted molar refractivity (Wildman–Crippen MR) is 68.0 cm³/mol. The van der Waals surface area contributed by atoms with Crippen molar-refractivity contribution in [3.63, 3.8) is 0 Å². The lowest BCUT2D eigenvalue weighted by atomic mass is 10.2. The fourth-order valence-corrected chi connectivity index (χ4v) is 2.70. The van der Waals surface area contributed by atoms with Crippen LogP contribution >= 0.6 is 11.3 Å². The first-order valence-electron chi connectivity index (χ1n) is 5.32. The van der Waals surface area contributed by atoms with E-state index in [4.69, 9.17) is 5.73 Å². The zero-order valence-corrected chi connectivity index (χ0v) is 10.2. The van der Waals surface area contributed by atoms with Crippen LogP contribution in [0.3, 0.4) is 0 Å². The molecule has 16 heavy (non-hydrogen) atoms. The molecule has 84 valence electrons. The van der Waals surface area contributed by atoms with Gasteiger partial charge in [-0.15, -0.1) is 11.3 Å². The van der Waals surface area contributed by atoms with Gasteiger partial charge in [0.15, 0.2) is 5.78 Å². The van der Waals surface area contributed by atoms with Crippen LogP contribution in [0.2, 0.25) is 0 Å². The van der Waals surface area contributed by atoms with Crippen LogP contribution in [-0.2, 0) is 6.42 Å². The summed E-state index contributed by atoms with van der Waals surface area (Å²) in [5.74, 6) is 0.0116. The first-order chi connectivity index (χ1) is 7.63. The van der Waals surface area contributed by atoms with Crippen LogP contribution in [0.25, 0.3) is 10.2 Å². The van der Waals surface area contributed by atoms with Crippen LogP contribution in [-0.4, -0.2) is 10.8 Å². The Labute approximate surface area is 98.3 Å². The van der Waals surface area contributed by atoms with E-state index in [2.05, 4.69) is 11.9 Å². The minimum atomic E-state index is 0.0116. The van der Waals surface area contributed by atoms with E-state index >= 15 is 0 Å². The molecule has 0 aliphatic rings. The van der Waals surface area contributed by atoms with Gasteiger partial charge in [0.2, 0.25) is 0 Å². The Balaban J connectivity index is 2.58. The Kier molecular flexibility index (Phi) is 2.92. The lowest BCUT2D eigenvalue weighted by Crippen LogP contribution is -1.93. The molecular weight excluding hydrogens is 220 g/mol. The average molecular weight is 234 g/mol. The number of thiophene rings is 1. The molecule has 2 rings (SSSR count). The second-order valence-electron chi connectivity index (χ2n) is 3.81. The van der Waals surface area contributed by atoms with Crippen molar-refractivity contribution in [1.82, 2.24) is 4.98 Å². The van der Waals surface area contributed by atoms with Crippen molar-refractivity contribution in [3.05, 3.63) is 22.7 Å². The summed E-state index contributed by atoms with van der Waals surface area (Å²) < 4.78 is 0. The third-order valence-electron chi connectivity index (χ3n) is 2.48. The molecule has 4 heteroatoms. The zero-order chi connectivity index (χ0) is 11.7. The first kappa shape index (κ1) is 11.1. The summed E-state index contributed by atoms with van der Waals surface area (Å²) in [5.41, 5.74) is 7.55. The molecule has 0 saturated carbocycles. The Morgan fingerprint density at radius 2 is 2.25 bits per heavy atom. The maximum atomic E-state index is 11.3. The Hall–Kier alpha value is -1.42. The number of ketones is 1. The number of nitrogen functional groups attached to an aromatic ring is 1. The molecule has 0 radical (unpaired) electrons. The average Bonchev–Trinajstić information content (AvgIpc) is 2.56. The molecule has 2 N–H and O–H groups in total. The molecule has 0 amide bonds. The van der Waals surface area contributed by atoms with Crippen molar-refractivity contribution in [1.29, 1.82) is 0 Å². The highest BCUT2D eigenvalue weighted by Gasteiger charge is 2.13. The van der Waals surface area contributed by atoms with E-state index in [9.17, 15) is 4.79 Å². The smallest absolute Gasteiger partial charge is 0.171 e. The summed E-state index contributed by atoms with van der Waals surface area (Å²) in [6.07, 6.45) is 2.03. The van der Waals surface area contributed by atoms with E-state index < -0.39 is 0 Å². The second kappa shape index (κ2) is 4.22. The van der Waals surface area contributed by atoms with E-state index in [0.717, 1.165) is 28.8 Å². The van der Waals surface area contributed by atoms with E-state index in [1.54, 1.807) is 0 Å².